The Morgan fingerprint density at radius 1 is 1.23 bits per heavy atom. The molecule has 0 heterocycles. The van der Waals surface area contributed by atoms with Crippen LogP contribution < -0.4 is 10.6 Å². The second-order valence-corrected chi connectivity index (χ2v) is 5.53. The molecule has 1 rings (SSSR count). The average molecular weight is 347 g/mol. The van der Waals surface area contributed by atoms with E-state index in [1.54, 1.807) is 6.92 Å². The second-order valence-electron chi connectivity index (χ2n) is 4.71. The van der Waals surface area contributed by atoms with Crippen LogP contribution in [0.2, 0.25) is 10.0 Å². The molecule has 0 radical (unpaired) electrons. The van der Waals surface area contributed by atoms with Gasteiger partial charge in [0.05, 0.1) is 16.6 Å². The summed E-state index contributed by atoms with van der Waals surface area (Å²) < 4.78 is 0. The van der Waals surface area contributed by atoms with Crippen LogP contribution in [0.15, 0.2) is 18.2 Å². The molecular formula is C14H16Cl2N2O4. The average Bonchev–Trinajstić information content (AvgIpc) is 2.45. The summed E-state index contributed by atoms with van der Waals surface area (Å²) in [7, 11) is 0. The van der Waals surface area contributed by atoms with Gasteiger partial charge in [0.25, 0.3) is 5.91 Å². The molecule has 1 atom stereocenters. The van der Waals surface area contributed by atoms with Crippen LogP contribution >= 0.6 is 23.2 Å². The predicted molar refractivity (Wildman–Crippen MR) is 83.3 cm³/mol. The number of hydrogen-bond acceptors (Lipinski definition) is 3. The normalized spacial score (nSPS) is 11.6. The molecule has 1 unspecified atom stereocenters. The first-order valence-electron chi connectivity index (χ1n) is 6.54. The van der Waals surface area contributed by atoms with E-state index in [1.165, 1.54) is 18.2 Å². The lowest BCUT2D eigenvalue weighted by molar-refractivity contribution is -0.137. The van der Waals surface area contributed by atoms with Crippen molar-refractivity contribution in [2.45, 2.75) is 25.8 Å². The fraction of sp³-hybridized carbons (Fsp3) is 0.357. The van der Waals surface area contributed by atoms with E-state index in [1.807, 2.05) is 0 Å². The zero-order chi connectivity index (χ0) is 16.7. The number of nitrogens with one attached hydrogen (secondary N) is 2. The fourth-order valence-corrected chi connectivity index (χ4v) is 1.94. The Hall–Kier alpha value is -1.79. The number of halogens is 2. The highest BCUT2D eigenvalue weighted by atomic mass is 35.5. The van der Waals surface area contributed by atoms with Gasteiger partial charge in [-0.1, -0.05) is 23.2 Å². The molecule has 0 aliphatic heterocycles. The Labute approximate surface area is 137 Å². The molecule has 0 saturated heterocycles. The van der Waals surface area contributed by atoms with Gasteiger partial charge in [-0.3, -0.25) is 14.4 Å². The van der Waals surface area contributed by atoms with Crippen molar-refractivity contribution in [3.05, 3.63) is 33.8 Å². The minimum Gasteiger partial charge on any atom is -0.481 e. The third-order valence-electron chi connectivity index (χ3n) is 2.79. The highest BCUT2D eigenvalue weighted by molar-refractivity contribution is 6.42. The zero-order valence-electron chi connectivity index (χ0n) is 11.9. The summed E-state index contributed by atoms with van der Waals surface area (Å²) in [4.78, 5) is 33.9. The van der Waals surface area contributed by atoms with Crippen molar-refractivity contribution in [2.75, 3.05) is 6.54 Å². The first kappa shape index (κ1) is 18.3. The van der Waals surface area contributed by atoms with E-state index in [0.717, 1.165) is 0 Å². The lowest BCUT2D eigenvalue weighted by Gasteiger charge is -2.13. The van der Waals surface area contributed by atoms with Crippen molar-refractivity contribution in [3.63, 3.8) is 0 Å². The van der Waals surface area contributed by atoms with Crippen LogP contribution in [0.4, 0.5) is 0 Å². The van der Waals surface area contributed by atoms with Crippen LogP contribution in [0.3, 0.4) is 0 Å². The standard InChI is InChI=1S/C14H16Cl2N2O4/c1-8(2-5-13(20)21)18-12(19)7-17-14(22)9-3-4-10(15)11(16)6-9/h3-4,6,8H,2,5,7H2,1H3,(H,17,22)(H,18,19)(H,20,21). The number of amides is 2. The largest absolute Gasteiger partial charge is 0.481 e. The highest BCUT2D eigenvalue weighted by Crippen LogP contribution is 2.22. The van der Waals surface area contributed by atoms with Gasteiger partial charge in [0.15, 0.2) is 0 Å². The molecular weight excluding hydrogens is 331 g/mol. The molecule has 120 valence electrons. The van der Waals surface area contributed by atoms with E-state index in [9.17, 15) is 14.4 Å². The van der Waals surface area contributed by atoms with E-state index in [4.69, 9.17) is 28.3 Å². The van der Waals surface area contributed by atoms with Crippen LogP contribution in [0.25, 0.3) is 0 Å². The SMILES string of the molecule is CC(CCC(=O)O)NC(=O)CNC(=O)c1ccc(Cl)c(Cl)c1. The highest BCUT2D eigenvalue weighted by Gasteiger charge is 2.12. The molecule has 0 spiro atoms. The molecule has 6 nitrogen and oxygen atoms in total. The van der Waals surface area contributed by atoms with Gasteiger partial charge in [0.1, 0.15) is 0 Å². The Balaban J connectivity index is 2.41. The first-order valence-corrected chi connectivity index (χ1v) is 7.29. The maximum Gasteiger partial charge on any atom is 0.303 e. The molecule has 1 aromatic rings. The topological polar surface area (TPSA) is 95.5 Å². The molecule has 2 amide bonds. The van der Waals surface area contributed by atoms with Crippen LogP contribution in [0, 0.1) is 0 Å². The van der Waals surface area contributed by atoms with Crippen molar-refractivity contribution in [1.82, 2.24) is 10.6 Å². The number of carbonyl (C=O) groups is 3. The zero-order valence-corrected chi connectivity index (χ0v) is 13.4. The molecule has 0 saturated carbocycles. The van der Waals surface area contributed by atoms with Gasteiger partial charge in [-0.05, 0) is 31.5 Å². The number of hydrogen-bond donors (Lipinski definition) is 3. The van der Waals surface area contributed by atoms with Crippen molar-refractivity contribution in [2.24, 2.45) is 0 Å². The quantitative estimate of drug-likeness (QED) is 0.704. The summed E-state index contributed by atoms with van der Waals surface area (Å²) in [5.41, 5.74) is 0.293. The molecule has 0 aliphatic rings. The third kappa shape index (κ3) is 6.32. The lowest BCUT2D eigenvalue weighted by atomic mass is 10.2. The number of carbonyl (C=O) groups excluding carboxylic acids is 2. The number of benzene rings is 1. The summed E-state index contributed by atoms with van der Waals surface area (Å²) >= 11 is 11.6. The van der Waals surface area contributed by atoms with E-state index in [2.05, 4.69) is 10.6 Å². The van der Waals surface area contributed by atoms with Crippen LogP contribution in [-0.4, -0.2) is 35.5 Å². The molecule has 0 fully saturated rings. The lowest BCUT2D eigenvalue weighted by Crippen LogP contribution is -2.41. The smallest absolute Gasteiger partial charge is 0.303 e. The van der Waals surface area contributed by atoms with Crippen LogP contribution in [-0.2, 0) is 9.59 Å². The van der Waals surface area contributed by atoms with Gasteiger partial charge < -0.3 is 15.7 Å². The Kier molecular flexibility index (Phi) is 7.14. The van der Waals surface area contributed by atoms with Crippen LogP contribution in [0.1, 0.15) is 30.1 Å². The summed E-state index contributed by atoms with van der Waals surface area (Å²) in [6.07, 6.45) is 0.291. The number of aliphatic carboxylic acids is 1. The van der Waals surface area contributed by atoms with Crippen molar-refractivity contribution >= 4 is 41.0 Å². The minimum absolute atomic E-state index is 0.0307. The van der Waals surface area contributed by atoms with E-state index < -0.39 is 17.8 Å². The van der Waals surface area contributed by atoms with Gasteiger partial charge >= 0.3 is 5.97 Å². The Bertz CT molecular complexity index is 578. The molecule has 0 aromatic heterocycles. The van der Waals surface area contributed by atoms with Gasteiger partial charge in [-0.2, -0.15) is 0 Å². The van der Waals surface area contributed by atoms with Crippen molar-refractivity contribution in [1.29, 1.82) is 0 Å². The van der Waals surface area contributed by atoms with E-state index in [0.29, 0.717) is 17.0 Å². The minimum atomic E-state index is -0.922. The predicted octanol–water partition coefficient (Wildman–Crippen LogP) is 2.09. The molecule has 0 bridgehead atoms. The summed E-state index contributed by atoms with van der Waals surface area (Å²) in [6.45, 7) is 1.48. The Morgan fingerprint density at radius 2 is 1.91 bits per heavy atom. The fourth-order valence-electron chi connectivity index (χ4n) is 1.64. The maximum absolute atomic E-state index is 11.8. The van der Waals surface area contributed by atoms with Crippen LogP contribution in [0.5, 0.6) is 0 Å². The van der Waals surface area contributed by atoms with Gasteiger partial charge in [-0.25, -0.2) is 0 Å². The van der Waals surface area contributed by atoms with E-state index >= 15 is 0 Å². The monoisotopic (exact) mass is 346 g/mol. The van der Waals surface area contributed by atoms with Crippen molar-refractivity contribution < 1.29 is 19.5 Å². The van der Waals surface area contributed by atoms with Gasteiger partial charge in [0.2, 0.25) is 5.91 Å². The second kappa shape index (κ2) is 8.60. The number of carboxylic acids is 1. The first-order chi connectivity index (χ1) is 10.3. The van der Waals surface area contributed by atoms with Gasteiger partial charge in [0, 0.05) is 18.0 Å². The molecule has 0 aliphatic carbocycles. The maximum atomic E-state index is 11.8. The summed E-state index contributed by atoms with van der Waals surface area (Å²) in [5.74, 6) is -1.77. The molecule has 3 N–H and O–H groups in total. The molecule has 22 heavy (non-hydrogen) atoms. The summed E-state index contributed by atoms with van der Waals surface area (Å²) in [6, 6.07) is 4.11. The van der Waals surface area contributed by atoms with E-state index in [-0.39, 0.29) is 24.0 Å². The van der Waals surface area contributed by atoms with Crippen molar-refractivity contribution in [3.8, 4) is 0 Å². The molecule has 1 aromatic carbocycles. The summed E-state index contributed by atoms with van der Waals surface area (Å²) in [5, 5.41) is 14.2. The molecule has 8 heteroatoms. The van der Waals surface area contributed by atoms with Gasteiger partial charge in [-0.15, -0.1) is 0 Å². The number of rotatable bonds is 7. The third-order valence-corrected chi connectivity index (χ3v) is 3.53. The Morgan fingerprint density at radius 3 is 2.50 bits per heavy atom. The number of carboxylic acid groups (broad SMARTS) is 1.